The lowest BCUT2D eigenvalue weighted by Crippen LogP contribution is -2.46. The number of fused-ring (bicyclic) bond motifs is 3. The maximum Gasteiger partial charge on any atom is 0.269 e. The molecule has 0 amide bonds. The van der Waals surface area contributed by atoms with Crippen molar-refractivity contribution in [1.29, 1.82) is 0 Å². The van der Waals surface area contributed by atoms with E-state index in [0.717, 1.165) is 23.4 Å². The van der Waals surface area contributed by atoms with E-state index in [1.165, 1.54) is 12.1 Å². The molecule has 2 heterocycles. The third kappa shape index (κ3) is 2.13. The van der Waals surface area contributed by atoms with Crippen molar-refractivity contribution in [3.63, 3.8) is 0 Å². The van der Waals surface area contributed by atoms with Crippen LogP contribution in [-0.2, 0) is 0 Å². The molecular formula is C17H14N4O3. The van der Waals surface area contributed by atoms with Crippen molar-refractivity contribution < 1.29 is 9.66 Å². The molecule has 4 rings (SSSR count). The number of benzene rings is 2. The Morgan fingerprint density at radius 1 is 1.12 bits per heavy atom. The fraction of sp³-hybridized carbons (Fsp3) is 0.176. The summed E-state index contributed by atoms with van der Waals surface area (Å²) in [6.45, 7) is 1.46. The Balaban J connectivity index is 1.92. The van der Waals surface area contributed by atoms with Crippen molar-refractivity contribution in [2.24, 2.45) is 4.99 Å². The SMILES string of the molecule is O=[N+]([O-])c1ccc(C2=[N+]([O-])c3ccccc3N3CCCN=C23)cc1. The van der Waals surface area contributed by atoms with Gasteiger partial charge in [0.1, 0.15) is 5.69 Å². The van der Waals surface area contributed by atoms with E-state index in [2.05, 4.69) is 4.99 Å². The maximum atomic E-state index is 12.9. The van der Waals surface area contributed by atoms with Crippen LogP contribution in [0.3, 0.4) is 0 Å². The van der Waals surface area contributed by atoms with E-state index in [4.69, 9.17) is 0 Å². The summed E-state index contributed by atoms with van der Waals surface area (Å²) >= 11 is 0. The molecule has 0 spiro atoms. The zero-order chi connectivity index (χ0) is 16.7. The average molecular weight is 322 g/mol. The van der Waals surface area contributed by atoms with Crippen LogP contribution in [0.4, 0.5) is 17.1 Å². The van der Waals surface area contributed by atoms with E-state index in [-0.39, 0.29) is 5.69 Å². The highest BCUT2D eigenvalue weighted by Crippen LogP contribution is 2.34. The van der Waals surface area contributed by atoms with Crippen molar-refractivity contribution in [2.45, 2.75) is 6.42 Å². The fourth-order valence-corrected chi connectivity index (χ4v) is 3.11. The van der Waals surface area contributed by atoms with Gasteiger partial charge in [-0.15, -0.1) is 0 Å². The molecule has 0 bridgehead atoms. The Hall–Kier alpha value is -3.22. The van der Waals surface area contributed by atoms with Gasteiger partial charge in [-0.2, -0.15) is 4.74 Å². The Labute approximate surface area is 137 Å². The second-order valence-corrected chi connectivity index (χ2v) is 5.65. The first-order chi connectivity index (χ1) is 11.7. The number of hydrogen-bond acceptors (Lipinski definition) is 5. The van der Waals surface area contributed by atoms with Gasteiger partial charge in [0.05, 0.1) is 10.5 Å². The van der Waals surface area contributed by atoms with Gasteiger partial charge < -0.3 is 10.1 Å². The third-order valence-electron chi connectivity index (χ3n) is 4.21. The van der Waals surface area contributed by atoms with Gasteiger partial charge in [0.15, 0.2) is 0 Å². The van der Waals surface area contributed by atoms with Gasteiger partial charge >= 0.3 is 0 Å². The van der Waals surface area contributed by atoms with E-state index < -0.39 is 4.92 Å². The molecule has 0 atom stereocenters. The Kier molecular flexibility index (Phi) is 3.26. The van der Waals surface area contributed by atoms with Crippen molar-refractivity contribution >= 4 is 28.6 Å². The zero-order valence-electron chi connectivity index (χ0n) is 12.8. The molecule has 0 aromatic heterocycles. The van der Waals surface area contributed by atoms with Crippen molar-refractivity contribution in [3.05, 3.63) is 69.4 Å². The highest BCUT2D eigenvalue weighted by Gasteiger charge is 2.36. The molecular weight excluding hydrogens is 308 g/mol. The standard InChI is InChI=1S/C17H14N4O3/c22-20-15-5-2-1-4-14(15)19-11-3-10-18-17(19)16(20)12-6-8-13(9-7-12)21(23)24/h1-2,4-9H,3,10-11H2. The number of non-ortho nitro benzene ring substituents is 1. The summed E-state index contributed by atoms with van der Waals surface area (Å²) in [5.74, 6) is 0.629. The van der Waals surface area contributed by atoms with E-state index >= 15 is 0 Å². The minimum absolute atomic E-state index is 0.00422. The van der Waals surface area contributed by atoms with Crippen LogP contribution in [0.15, 0.2) is 53.5 Å². The first kappa shape index (κ1) is 14.4. The molecule has 2 aromatic rings. The highest BCUT2D eigenvalue weighted by molar-refractivity contribution is 6.51. The van der Waals surface area contributed by atoms with Crippen LogP contribution in [0.5, 0.6) is 0 Å². The van der Waals surface area contributed by atoms with Gasteiger partial charge in [-0.1, -0.05) is 12.1 Å². The Morgan fingerprint density at radius 3 is 2.62 bits per heavy atom. The van der Waals surface area contributed by atoms with Crippen LogP contribution in [-0.4, -0.2) is 34.3 Å². The van der Waals surface area contributed by atoms with Gasteiger partial charge in [-0.25, -0.2) is 0 Å². The minimum atomic E-state index is -0.454. The molecule has 7 nitrogen and oxygen atoms in total. The van der Waals surface area contributed by atoms with Crippen molar-refractivity contribution in [2.75, 3.05) is 18.0 Å². The third-order valence-corrected chi connectivity index (χ3v) is 4.21. The minimum Gasteiger partial charge on any atom is -0.618 e. The summed E-state index contributed by atoms with van der Waals surface area (Å²) in [7, 11) is 0. The second kappa shape index (κ2) is 5.45. The van der Waals surface area contributed by atoms with Gasteiger partial charge in [0.25, 0.3) is 11.4 Å². The Bertz CT molecular complexity index is 887. The first-order valence-corrected chi connectivity index (χ1v) is 7.67. The summed E-state index contributed by atoms with van der Waals surface area (Å²) in [5.41, 5.74) is 2.46. The topological polar surface area (TPSA) is 84.8 Å². The van der Waals surface area contributed by atoms with Gasteiger partial charge in [0, 0.05) is 31.3 Å². The van der Waals surface area contributed by atoms with Crippen molar-refractivity contribution in [1.82, 2.24) is 0 Å². The number of nitro groups is 1. The van der Waals surface area contributed by atoms with Gasteiger partial charge in [0.2, 0.25) is 11.5 Å². The molecule has 2 aliphatic rings. The smallest absolute Gasteiger partial charge is 0.269 e. The number of para-hydroxylation sites is 2. The van der Waals surface area contributed by atoms with Crippen LogP contribution >= 0.6 is 0 Å². The van der Waals surface area contributed by atoms with Gasteiger partial charge in [-0.05, 0) is 24.6 Å². The summed E-state index contributed by atoms with van der Waals surface area (Å²) in [6.07, 6.45) is 0.921. The summed E-state index contributed by atoms with van der Waals surface area (Å²) < 4.78 is 0.872. The predicted octanol–water partition coefficient (Wildman–Crippen LogP) is 2.85. The van der Waals surface area contributed by atoms with E-state index in [0.29, 0.717) is 29.3 Å². The van der Waals surface area contributed by atoms with E-state index in [1.807, 2.05) is 23.1 Å². The van der Waals surface area contributed by atoms with Crippen LogP contribution < -0.4 is 4.90 Å². The van der Waals surface area contributed by atoms with Crippen LogP contribution in [0.25, 0.3) is 0 Å². The molecule has 120 valence electrons. The van der Waals surface area contributed by atoms with Crippen molar-refractivity contribution in [3.8, 4) is 0 Å². The number of aliphatic imine (C=N–C) groups is 1. The maximum absolute atomic E-state index is 12.9. The number of nitrogens with zero attached hydrogens (tertiary/aromatic N) is 4. The molecule has 0 saturated carbocycles. The van der Waals surface area contributed by atoms with Crippen LogP contribution in [0.2, 0.25) is 0 Å². The van der Waals surface area contributed by atoms with E-state index in [9.17, 15) is 15.3 Å². The lowest BCUT2D eigenvalue weighted by molar-refractivity contribution is -0.384. The number of amidine groups is 1. The highest BCUT2D eigenvalue weighted by atomic mass is 16.6. The second-order valence-electron chi connectivity index (χ2n) is 5.65. The Morgan fingerprint density at radius 2 is 1.88 bits per heavy atom. The summed E-state index contributed by atoms with van der Waals surface area (Å²) in [4.78, 5) is 17.0. The monoisotopic (exact) mass is 322 g/mol. The molecule has 24 heavy (non-hydrogen) atoms. The molecule has 0 aliphatic carbocycles. The predicted molar refractivity (Wildman–Crippen MR) is 91.2 cm³/mol. The molecule has 0 unspecified atom stereocenters. The van der Waals surface area contributed by atoms with E-state index in [1.54, 1.807) is 18.2 Å². The number of nitro benzene ring substituents is 1. The van der Waals surface area contributed by atoms with Crippen LogP contribution in [0, 0.1) is 15.3 Å². The normalized spacial score (nSPS) is 16.3. The molecule has 2 aliphatic heterocycles. The average Bonchev–Trinajstić information content (AvgIpc) is 2.62. The molecule has 0 saturated heterocycles. The lowest BCUT2D eigenvalue weighted by atomic mass is 10.0. The molecule has 0 radical (unpaired) electrons. The quantitative estimate of drug-likeness (QED) is 0.368. The number of anilines is 1. The lowest BCUT2D eigenvalue weighted by Gasteiger charge is -2.33. The molecule has 2 aromatic carbocycles. The molecule has 7 heteroatoms. The number of rotatable bonds is 2. The van der Waals surface area contributed by atoms with Gasteiger partial charge in [-0.3, -0.25) is 15.1 Å². The van der Waals surface area contributed by atoms with Crippen LogP contribution in [0.1, 0.15) is 12.0 Å². The molecule has 0 N–H and O–H groups in total. The summed E-state index contributed by atoms with van der Waals surface area (Å²) in [6, 6.07) is 13.4. The summed E-state index contributed by atoms with van der Waals surface area (Å²) in [5, 5.41) is 23.8. The zero-order valence-corrected chi connectivity index (χ0v) is 12.8. The fourth-order valence-electron chi connectivity index (χ4n) is 3.11. The first-order valence-electron chi connectivity index (χ1n) is 7.67. The number of hydrogen-bond donors (Lipinski definition) is 0. The largest absolute Gasteiger partial charge is 0.618 e. The molecule has 0 fully saturated rings.